The van der Waals surface area contributed by atoms with Crippen LogP contribution in [0.25, 0.3) is 22.3 Å². The molecule has 2 heterocycles. The third kappa shape index (κ3) is 5.16. The van der Waals surface area contributed by atoms with Crippen LogP contribution in [0.1, 0.15) is 49.9 Å². The van der Waals surface area contributed by atoms with Gasteiger partial charge >= 0.3 is 0 Å². The monoisotopic (exact) mass is 473 g/mol. The van der Waals surface area contributed by atoms with Crippen molar-refractivity contribution in [3.63, 3.8) is 0 Å². The molecule has 0 bridgehead atoms. The number of hydrogen-bond acceptors (Lipinski definition) is 4. The van der Waals surface area contributed by atoms with Crippen molar-refractivity contribution in [3.8, 4) is 11.3 Å². The Balaban J connectivity index is 1.51. The molecule has 7 nitrogen and oxygen atoms in total. The number of carbonyl (C=O) groups excluding carboxylic acids is 1. The van der Waals surface area contributed by atoms with Crippen molar-refractivity contribution in [2.75, 3.05) is 5.43 Å². The smallest absolute Gasteiger partial charge is 0.273 e. The van der Waals surface area contributed by atoms with Crippen LogP contribution in [0, 0.1) is 11.7 Å². The number of rotatable bonds is 7. The average molecular weight is 474 g/mol. The third-order valence-corrected chi connectivity index (χ3v) is 6.70. The summed E-state index contributed by atoms with van der Waals surface area (Å²) in [4.78, 5) is 31.1. The molecular weight excluding hydrogens is 445 g/mol. The molecule has 1 saturated carbocycles. The van der Waals surface area contributed by atoms with E-state index in [2.05, 4.69) is 15.6 Å². The first kappa shape index (κ1) is 23.0. The number of nitrogens with one attached hydrogen (secondary N) is 2. The number of aromatic amines is 1. The topological polar surface area (TPSA) is 92.7 Å². The Hall–Kier alpha value is -3.81. The zero-order valence-electron chi connectivity index (χ0n) is 19.5. The van der Waals surface area contributed by atoms with Gasteiger partial charge in [-0.15, -0.1) is 0 Å². The SMILES string of the molecule is O=C(Cc1ccccc1)Nn1c(CCC2CCCCC2)nc2c(-c3cccc(F)c3)n[nH]c2c1=O. The van der Waals surface area contributed by atoms with E-state index in [0.717, 1.165) is 12.0 Å². The van der Waals surface area contributed by atoms with Gasteiger partial charge in [-0.05, 0) is 30.0 Å². The maximum Gasteiger partial charge on any atom is 0.298 e. The second-order valence-electron chi connectivity index (χ2n) is 9.21. The lowest BCUT2D eigenvalue weighted by molar-refractivity contribution is -0.116. The van der Waals surface area contributed by atoms with Crippen molar-refractivity contribution >= 4 is 16.9 Å². The van der Waals surface area contributed by atoms with Gasteiger partial charge in [-0.3, -0.25) is 20.1 Å². The van der Waals surface area contributed by atoms with E-state index < -0.39 is 11.4 Å². The van der Waals surface area contributed by atoms with Crippen molar-refractivity contribution in [2.45, 2.75) is 51.4 Å². The highest BCUT2D eigenvalue weighted by molar-refractivity contribution is 5.90. The van der Waals surface area contributed by atoms with Gasteiger partial charge in [-0.25, -0.2) is 14.1 Å². The highest BCUT2D eigenvalue weighted by Gasteiger charge is 2.21. The Kier molecular flexibility index (Phi) is 6.70. The molecule has 1 amide bonds. The lowest BCUT2D eigenvalue weighted by Crippen LogP contribution is -2.37. The number of amides is 1. The van der Waals surface area contributed by atoms with Gasteiger partial charge in [-0.1, -0.05) is 74.6 Å². The molecule has 0 aliphatic heterocycles. The van der Waals surface area contributed by atoms with E-state index in [1.165, 1.54) is 48.9 Å². The number of aromatic nitrogens is 4. The lowest BCUT2D eigenvalue weighted by Gasteiger charge is -2.22. The molecule has 180 valence electrons. The Bertz CT molecular complexity index is 1390. The molecule has 1 fully saturated rings. The predicted octanol–water partition coefficient (Wildman–Crippen LogP) is 4.75. The number of nitrogens with zero attached hydrogens (tertiary/aromatic N) is 3. The number of halogens is 1. The molecule has 0 unspecified atom stereocenters. The average Bonchev–Trinajstić information content (AvgIpc) is 3.30. The van der Waals surface area contributed by atoms with E-state index >= 15 is 0 Å². The summed E-state index contributed by atoms with van der Waals surface area (Å²) in [6.45, 7) is 0. The lowest BCUT2D eigenvalue weighted by atomic mass is 9.86. The number of carbonyl (C=O) groups is 1. The van der Waals surface area contributed by atoms with E-state index in [9.17, 15) is 14.0 Å². The first-order valence-electron chi connectivity index (χ1n) is 12.2. The maximum absolute atomic E-state index is 13.9. The fraction of sp³-hybridized carbons (Fsp3) is 0.333. The molecule has 0 saturated heterocycles. The largest absolute Gasteiger partial charge is 0.298 e. The van der Waals surface area contributed by atoms with Crippen LogP contribution in [0.15, 0.2) is 59.4 Å². The van der Waals surface area contributed by atoms with Crippen molar-refractivity contribution < 1.29 is 9.18 Å². The summed E-state index contributed by atoms with van der Waals surface area (Å²) in [6, 6.07) is 15.4. The van der Waals surface area contributed by atoms with Crippen molar-refractivity contribution in [2.24, 2.45) is 5.92 Å². The van der Waals surface area contributed by atoms with Crippen molar-refractivity contribution in [1.29, 1.82) is 0 Å². The van der Waals surface area contributed by atoms with Gasteiger partial charge in [0.05, 0.1) is 6.42 Å². The van der Waals surface area contributed by atoms with Gasteiger partial charge in [0.15, 0.2) is 5.52 Å². The molecule has 1 aliphatic rings. The Morgan fingerprint density at radius 1 is 1.09 bits per heavy atom. The van der Waals surface area contributed by atoms with Crippen LogP contribution < -0.4 is 11.0 Å². The second kappa shape index (κ2) is 10.2. The van der Waals surface area contributed by atoms with Crippen LogP contribution >= 0.6 is 0 Å². The molecule has 2 aromatic heterocycles. The van der Waals surface area contributed by atoms with E-state index in [0.29, 0.717) is 34.9 Å². The van der Waals surface area contributed by atoms with Crippen LogP contribution in [0.3, 0.4) is 0 Å². The summed E-state index contributed by atoms with van der Waals surface area (Å²) in [6.07, 6.45) is 7.65. The van der Waals surface area contributed by atoms with Gasteiger partial charge in [0, 0.05) is 12.0 Å². The number of benzene rings is 2. The van der Waals surface area contributed by atoms with Crippen molar-refractivity contribution in [1.82, 2.24) is 19.9 Å². The summed E-state index contributed by atoms with van der Waals surface area (Å²) in [5.41, 5.74) is 4.69. The predicted molar refractivity (Wildman–Crippen MR) is 133 cm³/mol. The molecule has 0 radical (unpaired) electrons. The Morgan fingerprint density at radius 3 is 2.66 bits per heavy atom. The molecule has 8 heteroatoms. The van der Waals surface area contributed by atoms with E-state index in [-0.39, 0.29) is 17.8 Å². The van der Waals surface area contributed by atoms with E-state index in [1.54, 1.807) is 12.1 Å². The summed E-state index contributed by atoms with van der Waals surface area (Å²) in [7, 11) is 0. The minimum absolute atomic E-state index is 0.144. The Morgan fingerprint density at radius 2 is 1.89 bits per heavy atom. The summed E-state index contributed by atoms with van der Waals surface area (Å²) >= 11 is 0. The van der Waals surface area contributed by atoms with Gasteiger partial charge in [0.2, 0.25) is 5.91 Å². The van der Waals surface area contributed by atoms with E-state index in [1.807, 2.05) is 30.3 Å². The van der Waals surface area contributed by atoms with Crippen LogP contribution in [0.2, 0.25) is 0 Å². The van der Waals surface area contributed by atoms with Crippen LogP contribution in [0.4, 0.5) is 4.39 Å². The first-order chi connectivity index (χ1) is 17.1. The third-order valence-electron chi connectivity index (χ3n) is 6.70. The van der Waals surface area contributed by atoms with Crippen molar-refractivity contribution in [3.05, 3.63) is 82.2 Å². The van der Waals surface area contributed by atoms with Gasteiger partial charge in [0.1, 0.15) is 22.9 Å². The van der Waals surface area contributed by atoms with Gasteiger partial charge < -0.3 is 0 Å². The van der Waals surface area contributed by atoms with Gasteiger partial charge in [0.25, 0.3) is 5.56 Å². The molecule has 5 rings (SSSR count). The molecule has 4 aromatic rings. The Labute approximate surface area is 202 Å². The van der Waals surface area contributed by atoms with Crippen LogP contribution in [-0.4, -0.2) is 25.8 Å². The fourth-order valence-corrected chi connectivity index (χ4v) is 4.88. The zero-order valence-corrected chi connectivity index (χ0v) is 19.5. The summed E-state index contributed by atoms with van der Waals surface area (Å²) in [5.74, 6) is 0.367. The van der Waals surface area contributed by atoms with Crippen LogP contribution in [-0.2, 0) is 17.6 Å². The maximum atomic E-state index is 13.9. The highest BCUT2D eigenvalue weighted by atomic mass is 19.1. The fourth-order valence-electron chi connectivity index (χ4n) is 4.88. The minimum atomic E-state index is -0.426. The molecule has 35 heavy (non-hydrogen) atoms. The molecule has 2 N–H and O–H groups in total. The normalized spacial score (nSPS) is 14.3. The number of fused-ring (bicyclic) bond motifs is 1. The second-order valence-corrected chi connectivity index (χ2v) is 9.21. The quantitative estimate of drug-likeness (QED) is 0.405. The zero-order chi connectivity index (χ0) is 24.2. The molecular formula is C27H28FN5O2. The van der Waals surface area contributed by atoms with E-state index in [4.69, 9.17) is 4.98 Å². The minimum Gasteiger partial charge on any atom is -0.273 e. The molecule has 1 aliphatic carbocycles. The number of H-pyrrole nitrogens is 1. The molecule has 0 atom stereocenters. The highest BCUT2D eigenvalue weighted by Crippen LogP contribution is 2.28. The standard InChI is InChI=1S/C27H28FN5O2/c28-21-13-7-12-20(17-21)24-25-26(31-30-24)27(35)33(32-23(34)16-19-10-5-2-6-11-19)22(29-25)15-14-18-8-3-1-4-9-18/h2,5-7,10-13,17-18H,1,3-4,8-9,14-16H2,(H,30,31)(H,32,34). The first-order valence-corrected chi connectivity index (χ1v) is 12.2. The number of hydrogen-bond donors (Lipinski definition) is 2. The summed E-state index contributed by atoms with van der Waals surface area (Å²) < 4.78 is 15.1. The molecule has 2 aromatic carbocycles. The number of aryl methyl sites for hydroxylation is 1. The summed E-state index contributed by atoms with van der Waals surface area (Å²) in [5, 5.41) is 7.02. The molecule has 0 spiro atoms. The van der Waals surface area contributed by atoms with Crippen LogP contribution in [0.5, 0.6) is 0 Å². The van der Waals surface area contributed by atoms with Gasteiger partial charge in [-0.2, -0.15) is 5.10 Å².